The van der Waals surface area contributed by atoms with Crippen molar-refractivity contribution in [1.82, 2.24) is 10.2 Å². The Morgan fingerprint density at radius 3 is 1.80 bits per heavy atom. The maximum absolute atomic E-state index is 11.2. The van der Waals surface area contributed by atoms with Crippen LogP contribution in [0.1, 0.15) is 53.9 Å². The molecule has 0 saturated carbocycles. The third-order valence-electron chi connectivity index (χ3n) is 3.53. The lowest BCUT2D eigenvalue weighted by Gasteiger charge is -2.25. The number of nitrogens with zero attached hydrogens (tertiary/aromatic N) is 1. The third kappa shape index (κ3) is 10.2. The molecule has 20 heavy (non-hydrogen) atoms. The molecule has 120 valence electrons. The molecule has 0 aliphatic rings. The highest BCUT2D eigenvalue weighted by atomic mass is 16.4. The number of rotatable bonds is 12. The number of carboxylic acids is 1. The highest BCUT2D eigenvalue weighted by Gasteiger charge is 2.17. The molecule has 1 unspecified atom stereocenters. The maximum Gasteiger partial charge on any atom is 0.320 e. The molecule has 0 aromatic heterocycles. The van der Waals surface area contributed by atoms with Crippen LogP contribution in [0, 0.1) is 11.8 Å². The summed E-state index contributed by atoms with van der Waals surface area (Å²) in [6.45, 7) is 14.6. The Balaban J connectivity index is 4.26. The molecule has 0 bridgehead atoms. The smallest absolute Gasteiger partial charge is 0.320 e. The zero-order valence-electron chi connectivity index (χ0n) is 14.0. The van der Waals surface area contributed by atoms with Crippen LogP contribution in [0.5, 0.6) is 0 Å². The fourth-order valence-corrected chi connectivity index (χ4v) is 2.09. The zero-order chi connectivity index (χ0) is 15.5. The fourth-order valence-electron chi connectivity index (χ4n) is 2.09. The van der Waals surface area contributed by atoms with Gasteiger partial charge in [0.1, 0.15) is 6.04 Å². The predicted octanol–water partition coefficient (Wildman–Crippen LogP) is 2.83. The van der Waals surface area contributed by atoms with Crippen molar-refractivity contribution < 1.29 is 9.90 Å². The van der Waals surface area contributed by atoms with E-state index >= 15 is 0 Å². The van der Waals surface area contributed by atoms with Crippen LogP contribution >= 0.6 is 0 Å². The average molecular weight is 286 g/mol. The molecule has 0 aromatic rings. The number of hydrogen-bond donors (Lipinski definition) is 2. The van der Waals surface area contributed by atoms with Crippen molar-refractivity contribution in [3.63, 3.8) is 0 Å². The van der Waals surface area contributed by atoms with E-state index in [1.54, 1.807) is 0 Å². The minimum Gasteiger partial charge on any atom is -0.480 e. The van der Waals surface area contributed by atoms with E-state index in [0.717, 1.165) is 19.6 Å². The van der Waals surface area contributed by atoms with Crippen molar-refractivity contribution in [3.05, 3.63) is 0 Å². The fraction of sp³-hybridized carbons (Fsp3) is 0.938. The molecule has 0 amide bonds. The highest BCUT2D eigenvalue weighted by molar-refractivity contribution is 5.73. The molecule has 0 fully saturated rings. The molecule has 0 radical (unpaired) electrons. The number of hydrogen-bond acceptors (Lipinski definition) is 3. The summed E-state index contributed by atoms with van der Waals surface area (Å²) in [5.74, 6) is 0.653. The van der Waals surface area contributed by atoms with E-state index in [9.17, 15) is 9.90 Å². The first-order valence-corrected chi connectivity index (χ1v) is 8.05. The summed E-state index contributed by atoms with van der Waals surface area (Å²) in [6, 6.07) is -0.416. The van der Waals surface area contributed by atoms with Crippen LogP contribution in [0.15, 0.2) is 0 Å². The molecule has 4 nitrogen and oxygen atoms in total. The van der Waals surface area contributed by atoms with Crippen LogP contribution in [0.4, 0.5) is 0 Å². The Hall–Kier alpha value is -0.610. The van der Waals surface area contributed by atoms with E-state index < -0.39 is 12.0 Å². The number of aliphatic carboxylic acids is 1. The molecule has 0 aliphatic carbocycles. The molecule has 0 heterocycles. The van der Waals surface area contributed by atoms with Gasteiger partial charge in [0.2, 0.25) is 0 Å². The van der Waals surface area contributed by atoms with Gasteiger partial charge in [-0.05, 0) is 50.7 Å². The first-order valence-electron chi connectivity index (χ1n) is 8.05. The SMILES string of the molecule is CCNC(CCN(CCC(C)C)CCC(C)C)C(=O)O. The van der Waals surface area contributed by atoms with Gasteiger partial charge < -0.3 is 15.3 Å². The zero-order valence-corrected chi connectivity index (χ0v) is 14.0. The first kappa shape index (κ1) is 19.4. The van der Waals surface area contributed by atoms with Crippen molar-refractivity contribution in [2.45, 2.75) is 59.9 Å². The van der Waals surface area contributed by atoms with Gasteiger partial charge >= 0.3 is 5.97 Å². The normalized spacial score (nSPS) is 13.4. The van der Waals surface area contributed by atoms with Gasteiger partial charge in [0, 0.05) is 6.54 Å². The van der Waals surface area contributed by atoms with Crippen LogP contribution in [0.2, 0.25) is 0 Å². The lowest BCUT2D eigenvalue weighted by molar-refractivity contribution is -0.139. The topological polar surface area (TPSA) is 52.6 Å². The Morgan fingerprint density at radius 2 is 1.45 bits per heavy atom. The quantitative estimate of drug-likeness (QED) is 0.579. The molecule has 1 atom stereocenters. The van der Waals surface area contributed by atoms with Gasteiger partial charge in [0.05, 0.1) is 0 Å². The summed E-state index contributed by atoms with van der Waals surface area (Å²) in [5, 5.41) is 12.2. The van der Waals surface area contributed by atoms with E-state index in [1.165, 1.54) is 12.8 Å². The molecule has 0 saturated heterocycles. The first-order chi connectivity index (χ1) is 9.36. The van der Waals surface area contributed by atoms with Gasteiger partial charge in [0.15, 0.2) is 0 Å². The van der Waals surface area contributed by atoms with Gasteiger partial charge in [-0.2, -0.15) is 0 Å². The number of carbonyl (C=O) groups is 1. The molecule has 0 aromatic carbocycles. The molecule has 0 rings (SSSR count). The van der Waals surface area contributed by atoms with Crippen LogP contribution in [0.3, 0.4) is 0 Å². The number of carboxylic acid groups (broad SMARTS) is 1. The van der Waals surface area contributed by atoms with Crippen LogP contribution in [-0.4, -0.2) is 48.2 Å². The van der Waals surface area contributed by atoms with Crippen molar-refractivity contribution in [3.8, 4) is 0 Å². The molecule has 0 aliphatic heterocycles. The molecule has 0 spiro atoms. The summed E-state index contributed by atoms with van der Waals surface area (Å²) >= 11 is 0. The van der Waals surface area contributed by atoms with E-state index in [1.807, 2.05) is 6.92 Å². The molecule has 2 N–H and O–H groups in total. The monoisotopic (exact) mass is 286 g/mol. The van der Waals surface area contributed by atoms with Gasteiger partial charge in [-0.1, -0.05) is 34.6 Å². The third-order valence-corrected chi connectivity index (χ3v) is 3.53. The Morgan fingerprint density at radius 1 is 1.00 bits per heavy atom. The average Bonchev–Trinajstić information content (AvgIpc) is 2.35. The van der Waals surface area contributed by atoms with Crippen molar-refractivity contribution in [1.29, 1.82) is 0 Å². The second kappa shape index (κ2) is 11.1. The standard InChI is InChI=1S/C16H34N2O2/c1-6-17-15(16(19)20)9-12-18(10-7-13(2)3)11-8-14(4)5/h13-15,17H,6-12H2,1-5H3,(H,19,20). The van der Waals surface area contributed by atoms with E-state index in [-0.39, 0.29) is 0 Å². The second-order valence-electron chi connectivity index (χ2n) is 6.44. The number of nitrogens with one attached hydrogen (secondary N) is 1. The van der Waals surface area contributed by atoms with Crippen molar-refractivity contribution >= 4 is 5.97 Å². The number of likely N-dealkylation sites (N-methyl/N-ethyl adjacent to an activating group) is 1. The minimum absolute atomic E-state index is 0.416. The van der Waals surface area contributed by atoms with Gasteiger partial charge in [-0.25, -0.2) is 0 Å². The maximum atomic E-state index is 11.2. The van der Waals surface area contributed by atoms with Gasteiger partial charge in [0.25, 0.3) is 0 Å². The van der Waals surface area contributed by atoms with Gasteiger partial charge in [-0.15, -0.1) is 0 Å². The summed E-state index contributed by atoms with van der Waals surface area (Å²) in [6.07, 6.45) is 3.04. The minimum atomic E-state index is -0.737. The summed E-state index contributed by atoms with van der Waals surface area (Å²) in [7, 11) is 0. The lowest BCUT2D eigenvalue weighted by Crippen LogP contribution is -2.40. The lowest BCUT2D eigenvalue weighted by atomic mass is 10.1. The predicted molar refractivity (Wildman–Crippen MR) is 85.1 cm³/mol. The van der Waals surface area contributed by atoms with E-state index in [4.69, 9.17) is 0 Å². The Kier molecular flexibility index (Phi) is 10.8. The van der Waals surface area contributed by atoms with Gasteiger partial charge in [-0.3, -0.25) is 4.79 Å². The molecular formula is C16H34N2O2. The largest absolute Gasteiger partial charge is 0.480 e. The van der Waals surface area contributed by atoms with Crippen molar-refractivity contribution in [2.75, 3.05) is 26.2 Å². The summed E-state index contributed by atoms with van der Waals surface area (Å²) in [4.78, 5) is 13.6. The molecular weight excluding hydrogens is 252 g/mol. The summed E-state index contributed by atoms with van der Waals surface area (Å²) in [5.41, 5.74) is 0. The summed E-state index contributed by atoms with van der Waals surface area (Å²) < 4.78 is 0. The Bertz CT molecular complexity index is 243. The van der Waals surface area contributed by atoms with Crippen LogP contribution in [0.25, 0.3) is 0 Å². The highest BCUT2D eigenvalue weighted by Crippen LogP contribution is 2.08. The van der Waals surface area contributed by atoms with E-state index in [2.05, 4.69) is 37.9 Å². The van der Waals surface area contributed by atoms with Crippen LogP contribution < -0.4 is 5.32 Å². The van der Waals surface area contributed by atoms with Crippen LogP contribution in [-0.2, 0) is 4.79 Å². The second-order valence-corrected chi connectivity index (χ2v) is 6.44. The van der Waals surface area contributed by atoms with Crippen molar-refractivity contribution in [2.24, 2.45) is 11.8 Å². The van der Waals surface area contributed by atoms with E-state index in [0.29, 0.717) is 24.8 Å². The Labute approximate surface area is 124 Å². The molecule has 4 heteroatoms.